The smallest absolute Gasteiger partial charge is 0.128 e. The Morgan fingerprint density at radius 2 is 1.26 bits per heavy atom. The van der Waals surface area contributed by atoms with Gasteiger partial charge in [0.15, 0.2) is 0 Å². The summed E-state index contributed by atoms with van der Waals surface area (Å²) in [6, 6.07) is 49.7. The Balaban J connectivity index is 1.43. The molecular weight excluding hydrogens is 479 g/mol. The van der Waals surface area contributed by atoms with Crippen LogP contribution in [0.4, 0.5) is 0 Å². The number of benzene rings is 6. The number of rotatable bonds is 7. The first-order valence-electron chi connectivity index (χ1n) is 13.0. The summed E-state index contributed by atoms with van der Waals surface area (Å²) in [6.07, 6.45) is 0. The Kier molecular flexibility index (Phi) is 7.03. The highest BCUT2D eigenvalue weighted by Crippen LogP contribution is 2.42. The highest BCUT2D eigenvalue weighted by molar-refractivity contribution is 7.55. The lowest BCUT2D eigenvalue weighted by Gasteiger charge is -2.18. The minimum absolute atomic E-state index is 0.530. The molecule has 0 saturated carbocycles. The zero-order chi connectivity index (χ0) is 25.7. The van der Waals surface area contributed by atoms with Gasteiger partial charge in [0.1, 0.15) is 12.4 Å². The monoisotopic (exact) mass is 508 g/mol. The van der Waals surface area contributed by atoms with Crippen molar-refractivity contribution in [1.82, 2.24) is 0 Å². The van der Waals surface area contributed by atoms with Gasteiger partial charge >= 0.3 is 0 Å². The van der Waals surface area contributed by atoms with E-state index in [1.54, 1.807) is 0 Å². The van der Waals surface area contributed by atoms with E-state index < -0.39 is 0 Å². The quantitative estimate of drug-likeness (QED) is 0.196. The molecule has 0 fully saturated rings. The van der Waals surface area contributed by atoms with Gasteiger partial charge in [0.05, 0.1) is 0 Å². The van der Waals surface area contributed by atoms with E-state index in [9.17, 15) is 0 Å². The van der Waals surface area contributed by atoms with E-state index in [4.69, 9.17) is 4.74 Å². The Bertz CT molecular complexity index is 1670. The van der Waals surface area contributed by atoms with Crippen LogP contribution in [0.5, 0.6) is 5.75 Å². The SMILES string of the molecule is Cc1ccc(-c2c(OCc3ccccc3)ccc3ccccc23)c(-c2ccc(Pc3ccccc3)cc2)c1. The molecule has 0 saturated heterocycles. The second kappa shape index (κ2) is 11.1. The van der Waals surface area contributed by atoms with E-state index >= 15 is 0 Å². The third-order valence-corrected chi connectivity index (χ3v) is 8.07. The molecule has 1 atom stereocenters. The first-order valence-corrected chi connectivity index (χ1v) is 14.0. The Morgan fingerprint density at radius 1 is 0.579 bits per heavy atom. The fourth-order valence-corrected chi connectivity index (χ4v) is 5.95. The van der Waals surface area contributed by atoms with Crippen LogP contribution >= 0.6 is 8.58 Å². The molecule has 0 bridgehead atoms. The van der Waals surface area contributed by atoms with Crippen molar-refractivity contribution in [3.05, 3.63) is 151 Å². The molecule has 0 radical (unpaired) electrons. The highest BCUT2D eigenvalue weighted by Gasteiger charge is 2.16. The van der Waals surface area contributed by atoms with Crippen LogP contribution in [-0.4, -0.2) is 0 Å². The van der Waals surface area contributed by atoms with E-state index in [-0.39, 0.29) is 0 Å². The Labute approximate surface area is 226 Å². The molecule has 6 rings (SSSR count). The second-order valence-corrected chi connectivity index (χ2v) is 11.0. The van der Waals surface area contributed by atoms with E-state index in [2.05, 4.69) is 140 Å². The molecule has 1 nitrogen and oxygen atoms in total. The Morgan fingerprint density at radius 3 is 2.05 bits per heavy atom. The van der Waals surface area contributed by atoms with Crippen molar-refractivity contribution in [1.29, 1.82) is 0 Å². The molecule has 0 aliphatic heterocycles. The van der Waals surface area contributed by atoms with Gasteiger partial charge in [0.25, 0.3) is 0 Å². The summed E-state index contributed by atoms with van der Waals surface area (Å²) in [5, 5.41) is 5.10. The lowest BCUT2D eigenvalue weighted by molar-refractivity contribution is 0.308. The zero-order valence-corrected chi connectivity index (χ0v) is 22.4. The fraction of sp³-hybridized carbons (Fsp3) is 0.0556. The summed E-state index contributed by atoms with van der Waals surface area (Å²) in [5.74, 6) is 0.903. The molecule has 0 aliphatic rings. The van der Waals surface area contributed by atoms with Crippen LogP contribution < -0.4 is 15.3 Å². The summed E-state index contributed by atoms with van der Waals surface area (Å²) in [7, 11) is 0.649. The van der Waals surface area contributed by atoms with Crippen LogP contribution in [-0.2, 0) is 6.61 Å². The molecule has 0 spiro atoms. The van der Waals surface area contributed by atoms with Crippen molar-refractivity contribution in [2.45, 2.75) is 13.5 Å². The van der Waals surface area contributed by atoms with Crippen molar-refractivity contribution in [3.63, 3.8) is 0 Å². The van der Waals surface area contributed by atoms with Gasteiger partial charge in [-0.05, 0) is 56.6 Å². The first-order chi connectivity index (χ1) is 18.7. The maximum absolute atomic E-state index is 6.49. The van der Waals surface area contributed by atoms with Gasteiger partial charge < -0.3 is 4.74 Å². The summed E-state index contributed by atoms with van der Waals surface area (Å²) in [4.78, 5) is 0. The van der Waals surface area contributed by atoms with Crippen LogP contribution in [0.2, 0.25) is 0 Å². The van der Waals surface area contributed by atoms with Crippen LogP contribution in [0.3, 0.4) is 0 Å². The normalized spacial score (nSPS) is 11.3. The molecule has 6 aromatic carbocycles. The van der Waals surface area contributed by atoms with Crippen molar-refractivity contribution in [2.75, 3.05) is 0 Å². The van der Waals surface area contributed by atoms with E-state index in [0.29, 0.717) is 15.2 Å². The fourth-order valence-electron chi connectivity index (χ4n) is 4.92. The third kappa shape index (κ3) is 5.25. The molecule has 0 aliphatic carbocycles. The number of aryl methyl sites for hydroxylation is 1. The van der Waals surface area contributed by atoms with Crippen LogP contribution in [0.1, 0.15) is 11.1 Å². The number of hydrogen-bond acceptors (Lipinski definition) is 1. The highest BCUT2D eigenvalue weighted by atomic mass is 31.1. The lowest BCUT2D eigenvalue weighted by atomic mass is 9.89. The standard InChI is InChI=1S/C36H29OP/c1-26-16-22-33(34(24-26)29-17-20-31(21-18-29)38-30-13-6-3-7-14-30)36-32-15-9-8-12-28(32)19-23-35(36)37-25-27-10-4-2-5-11-27/h2-24,38H,25H2,1H3. The van der Waals surface area contributed by atoms with E-state index in [1.807, 2.05) is 6.07 Å². The molecule has 0 amide bonds. The summed E-state index contributed by atoms with van der Waals surface area (Å²) in [6.45, 7) is 2.69. The van der Waals surface area contributed by atoms with Crippen molar-refractivity contribution < 1.29 is 4.74 Å². The molecule has 0 N–H and O–H groups in total. The van der Waals surface area contributed by atoms with E-state index in [0.717, 1.165) is 16.9 Å². The van der Waals surface area contributed by atoms with Crippen LogP contribution in [0, 0.1) is 6.92 Å². The number of ether oxygens (including phenoxy) is 1. The minimum Gasteiger partial charge on any atom is -0.488 e. The number of hydrogen-bond donors (Lipinski definition) is 0. The predicted octanol–water partition coefficient (Wildman–Crippen LogP) is 8.69. The number of fused-ring (bicyclic) bond motifs is 1. The van der Waals surface area contributed by atoms with Gasteiger partial charge in [-0.25, -0.2) is 0 Å². The predicted molar refractivity (Wildman–Crippen MR) is 164 cm³/mol. The van der Waals surface area contributed by atoms with E-state index in [1.165, 1.54) is 43.6 Å². The molecular formula is C36H29OP. The third-order valence-electron chi connectivity index (χ3n) is 6.83. The van der Waals surface area contributed by atoms with Gasteiger partial charge in [-0.1, -0.05) is 148 Å². The zero-order valence-electron chi connectivity index (χ0n) is 21.4. The molecule has 6 aromatic rings. The first kappa shape index (κ1) is 24.2. The van der Waals surface area contributed by atoms with Gasteiger partial charge in [-0.2, -0.15) is 0 Å². The van der Waals surface area contributed by atoms with Gasteiger partial charge in [-0.15, -0.1) is 0 Å². The van der Waals surface area contributed by atoms with Crippen molar-refractivity contribution >= 4 is 30.0 Å². The van der Waals surface area contributed by atoms with Gasteiger partial charge in [0.2, 0.25) is 0 Å². The largest absolute Gasteiger partial charge is 0.488 e. The lowest BCUT2D eigenvalue weighted by Crippen LogP contribution is -2.02. The molecule has 2 heteroatoms. The van der Waals surface area contributed by atoms with Crippen molar-refractivity contribution in [2.24, 2.45) is 0 Å². The second-order valence-electron chi connectivity index (χ2n) is 9.55. The molecule has 184 valence electrons. The van der Waals surface area contributed by atoms with Crippen LogP contribution in [0.25, 0.3) is 33.0 Å². The van der Waals surface area contributed by atoms with Gasteiger partial charge in [-0.3, -0.25) is 0 Å². The summed E-state index contributed by atoms with van der Waals surface area (Å²) in [5.41, 5.74) is 7.17. The average molecular weight is 509 g/mol. The summed E-state index contributed by atoms with van der Waals surface area (Å²) >= 11 is 0. The maximum Gasteiger partial charge on any atom is 0.128 e. The summed E-state index contributed by atoms with van der Waals surface area (Å²) < 4.78 is 6.49. The topological polar surface area (TPSA) is 9.23 Å². The van der Waals surface area contributed by atoms with Gasteiger partial charge in [0, 0.05) is 5.56 Å². The average Bonchev–Trinajstić information content (AvgIpc) is 2.97. The molecule has 38 heavy (non-hydrogen) atoms. The molecule has 0 heterocycles. The van der Waals surface area contributed by atoms with Crippen LogP contribution in [0.15, 0.2) is 140 Å². The minimum atomic E-state index is 0.530. The molecule has 1 unspecified atom stereocenters. The maximum atomic E-state index is 6.49. The molecule has 0 aromatic heterocycles. The van der Waals surface area contributed by atoms with Crippen molar-refractivity contribution in [3.8, 4) is 28.0 Å². The Hall–Kier alpha value is -4.19.